The van der Waals surface area contributed by atoms with Gasteiger partial charge in [0.05, 0.1) is 11.7 Å². The molecule has 0 amide bonds. The molecule has 0 saturated heterocycles. The minimum absolute atomic E-state index is 0.101. The van der Waals surface area contributed by atoms with E-state index in [9.17, 15) is 5.11 Å². The molecule has 1 N–H and O–H groups in total. The fourth-order valence-electron chi connectivity index (χ4n) is 3.93. The second-order valence-corrected chi connectivity index (χ2v) is 9.20. The van der Waals surface area contributed by atoms with Gasteiger partial charge in [0.1, 0.15) is 5.75 Å². The zero-order valence-corrected chi connectivity index (χ0v) is 20.5. The summed E-state index contributed by atoms with van der Waals surface area (Å²) in [4.78, 5) is 0. The second kappa shape index (κ2) is 18.7. The molecule has 1 aromatic rings. The molecule has 0 radical (unpaired) electrons. The molecule has 0 bridgehead atoms. The number of hydrogen-bond acceptors (Lipinski definition) is 3. The van der Waals surface area contributed by atoms with Crippen molar-refractivity contribution < 1.29 is 9.84 Å². The van der Waals surface area contributed by atoms with Crippen LogP contribution in [0.4, 0.5) is 0 Å². The molecule has 0 spiro atoms. The molecule has 1 rings (SSSR count). The lowest BCUT2D eigenvalue weighted by Gasteiger charge is -2.16. The lowest BCUT2D eigenvalue weighted by atomic mass is 10.0. The number of ether oxygens (including phenoxy) is 1. The lowest BCUT2D eigenvalue weighted by molar-refractivity contribution is 0.199. The molecule has 172 valence electrons. The van der Waals surface area contributed by atoms with E-state index in [0.29, 0.717) is 10.6 Å². The summed E-state index contributed by atoms with van der Waals surface area (Å²) in [5, 5.41) is 10.3. The normalized spacial score (nSPS) is 12.1. The van der Waals surface area contributed by atoms with Crippen molar-refractivity contribution in [3.8, 4) is 5.75 Å². The zero-order chi connectivity index (χ0) is 21.9. The third-order valence-electron chi connectivity index (χ3n) is 5.90. The molecule has 1 unspecified atom stereocenters. The standard InChI is InChI=1S/C27H46O2S/c1-3-4-5-6-7-8-9-10-11-12-13-14-15-16-17-18-21-24(2)29-27(30)25-22-19-20-23-26(25)28/h19-20,22-24,28H,3-18,21H2,1-2H3. The molecule has 1 aromatic carbocycles. The van der Waals surface area contributed by atoms with Crippen LogP contribution >= 0.6 is 12.2 Å². The molecule has 30 heavy (non-hydrogen) atoms. The van der Waals surface area contributed by atoms with Crippen molar-refractivity contribution >= 4 is 17.3 Å². The first-order valence-corrected chi connectivity index (χ1v) is 13.0. The van der Waals surface area contributed by atoms with E-state index in [2.05, 4.69) is 13.8 Å². The maximum atomic E-state index is 9.85. The largest absolute Gasteiger partial charge is 0.507 e. The summed E-state index contributed by atoms with van der Waals surface area (Å²) in [6.07, 6.45) is 23.3. The summed E-state index contributed by atoms with van der Waals surface area (Å²) >= 11 is 5.32. The highest BCUT2D eigenvalue weighted by molar-refractivity contribution is 7.80. The SMILES string of the molecule is CCCCCCCCCCCCCCCCCCC(C)OC(=S)c1ccccc1O. The van der Waals surface area contributed by atoms with Crippen molar-refractivity contribution in [1.29, 1.82) is 0 Å². The lowest BCUT2D eigenvalue weighted by Crippen LogP contribution is -2.14. The Balaban J connectivity index is 1.86. The first-order chi connectivity index (χ1) is 14.6. The summed E-state index contributed by atoms with van der Waals surface area (Å²) in [5.74, 6) is 0.192. The van der Waals surface area contributed by atoms with Crippen LogP contribution in [0.25, 0.3) is 0 Å². The number of unbranched alkanes of at least 4 members (excludes halogenated alkanes) is 15. The predicted molar refractivity (Wildman–Crippen MR) is 135 cm³/mol. The van der Waals surface area contributed by atoms with Crippen LogP contribution in [-0.2, 0) is 4.74 Å². The van der Waals surface area contributed by atoms with E-state index < -0.39 is 0 Å². The molecule has 2 nitrogen and oxygen atoms in total. The quantitative estimate of drug-likeness (QED) is 0.174. The van der Waals surface area contributed by atoms with Crippen LogP contribution in [0.3, 0.4) is 0 Å². The average molecular weight is 435 g/mol. The maximum Gasteiger partial charge on any atom is 0.195 e. The van der Waals surface area contributed by atoms with Crippen LogP contribution in [0.5, 0.6) is 5.75 Å². The van der Waals surface area contributed by atoms with E-state index in [0.717, 1.165) is 6.42 Å². The number of phenols is 1. The van der Waals surface area contributed by atoms with Crippen molar-refractivity contribution in [2.75, 3.05) is 0 Å². The Hall–Kier alpha value is -1.09. The van der Waals surface area contributed by atoms with Gasteiger partial charge in [-0.2, -0.15) is 0 Å². The molecule has 0 aliphatic heterocycles. The predicted octanol–water partition coefficient (Wildman–Crippen LogP) is 9.12. The molecular formula is C27H46O2S. The monoisotopic (exact) mass is 434 g/mol. The number of hydrogen-bond donors (Lipinski definition) is 1. The van der Waals surface area contributed by atoms with Crippen LogP contribution in [0.1, 0.15) is 129 Å². The van der Waals surface area contributed by atoms with Gasteiger partial charge in [0.2, 0.25) is 0 Å². The van der Waals surface area contributed by atoms with Gasteiger partial charge in [0, 0.05) is 0 Å². The number of phenolic OH excluding ortho intramolecular Hbond substituents is 1. The van der Waals surface area contributed by atoms with Crippen LogP contribution in [0.2, 0.25) is 0 Å². The number of benzene rings is 1. The van der Waals surface area contributed by atoms with Crippen molar-refractivity contribution in [3.63, 3.8) is 0 Å². The van der Waals surface area contributed by atoms with Crippen molar-refractivity contribution in [1.82, 2.24) is 0 Å². The summed E-state index contributed by atoms with van der Waals surface area (Å²) in [7, 11) is 0. The maximum absolute atomic E-state index is 9.85. The molecule has 0 aliphatic rings. The summed E-state index contributed by atoms with van der Waals surface area (Å²) in [6.45, 7) is 4.35. The summed E-state index contributed by atoms with van der Waals surface area (Å²) < 4.78 is 5.81. The third-order valence-corrected chi connectivity index (χ3v) is 6.21. The first-order valence-electron chi connectivity index (χ1n) is 12.6. The van der Waals surface area contributed by atoms with Gasteiger partial charge in [0.15, 0.2) is 5.05 Å². The van der Waals surface area contributed by atoms with E-state index in [1.165, 1.54) is 103 Å². The molecule has 3 heteroatoms. The Morgan fingerprint density at radius 2 is 1.20 bits per heavy atom. The molecule has 0 fully saturated rings. The van der Waals surface area contributed by atoms with E-state index in [1.54, 1.807) is 18.2 Å². The highest BCUT2D eigenvalue weighted by Crippen LogP contribution is 2.20. The highest BCUT2D eigenvalue weighted by atomic mass is 32.1. The van der Waals surface area contributed by atoms with Gasteiger partial charge in [-0.15, -0.1) is 0 Å². The molecule has 0 saturated carbocycles. The zero-order valence-electron chi connectivity index (χ0n) is 19.7. The van der Waals surface area contributed by atoms with Crippen molar-refractivity contribution in [3.05, 3.63) is 29.8 Å². The minimum Gasteiger partial charge on any atom is -0.507 e. The Kier molecular flexibility index (Phi) is 16.8. The van der Waals surface area contributed by atoms with E-state index in [4.69, 9.17) is 17.0 Å². The minimum atomic E-state index is 0.101. The van der Waals surface area contributed by atoms with Gasteiger partial charge in [-0.05, 0) is 44.1 Å². The van der Waals surface area contributed by atoms with Crippen molar-refractivity contribution in [2.45, 2.75) is 129 Å². The Morgan fingerprint density at radius 1 is 0.767 bits per heavy atom. The van der Waals surface area contributed by atoms with Gasteiger partial charge in [-0.25, -0.2) is 0 Å². The van der Waals surface area contributed by atoms with Crippen LogP contribution in [0.15, 0.2) is 24.3 Å². The number of rotatable bonds is 19. The topological polar surface area (TPSA) is 29.5 Å². The van der Waals surface area contributed by atoms with Crippen LogP contribution < -0.4 is 0 Å². The summed E-state index contributed by atoms with van der Waals surface area (Å²) in [6, 6.07) is 7.11. The number of para-hydroxylation sites is 1. The van der Waals surface area contributed by atoms with Crippen LogP contribution in [0, 0.1) is 0 Å². The van der Waals surface area contributed by atoms with Gasteiger partial charge < -0.3 is 9.84 Å². The fraction of sp³-hybridized carbons (Fsp3) is 0.741. The Bertz CT molecular complexity index is 543. The number of aromatic hydroxyl groups is 1. The smallest absolute Gasteiger partial charge is 0.195 e. The third kappa shape index (κ3) is 14.0. The van der Waals surface area contributed by atoms with Gasteiger partial charge >= 0.3 is 0 Å². The first kappa shape index (κ1) is 26.9. The van der Waals surface area contributed by atoms with E-state index >= 15 is 0 Å². The molecule has 1 atom stereocenters. The number of thiocarbonyl (C=S) groups is 1. The fourth-order valence-corrected chi connectivity index (χ4v) is 4.27. The Labute approximate surface area is 191 Å². The molecule has 0 heterocycles. The molecular weight excluding hydrogens is 388 g/mol. The van der Waals surface area contributed by atoms with E-state index in [1.807, 2.05) is 6.07 Å². The Morgan fingerprint density at radius 3 is 1.67 bits per heavy atom. The van der Waals surface area contributed by atoms with Crippen molar-refractivity contribution in [2.24, 2.45) is 0 Å². The second-order valence-electron chi connectivity index (χ2n) is 8.83. The highest BCUT2D eigenvalue weighted by Gasteiger charge is 2.11. The average Bonchev–Trinajstić information content (AvgIpc) is 2.73. The molecule has 0 aromatic heterocycles. The van der Waals surface area contributed by atoms with Gasteiger partial charge in [0.25, 0.3) is 0 Å². The van der Waals surface area contributed by atoms with Gasteiger partial charge in [-0.3, -0.25) is 0 Å². The van der Waals surface area contributed by atoms with E-state index in [-0.39, 0.29) is 11.9 Å². The van der Waals surface area contributed by atoms with Gasteiger partial charge in [-0.1, -0.05) is 115 Å². The summed E-state index contributed by atoms with van der Waals surface area (Å²) in [5.41, 5.74) is 0.617. The van der Waals surface area contributed by atoms with Crippen LogP contribution in [-0.4, -0.2) is 16.3 Å². The molecule has 0 aliphatic carbocycles.